The third-order valence-electron chi connectivity index (χ3n) is 2.39. The first-order chi connectivity index (χ1) is 7.52. The minimum atomic E-state index is -0.317. The number of carbonyl (C=O) groups is 2. The van der Waals surface area contributed by atoms with E-state index in [-0.39, 0.29) is 49.5 Å². The molecule has 2 amide bonds. The van der Waals surface area contributed by atoms with E-state index in [9.17, 15) is 9.59 Å². The van der Waals surface area contributed by atoms with Crippen molar-refractivity contribution in [3.05, 3.63) is 0 Å². The summed E-state index contributed by atoms with van der Waals surface area (Å²) in [5.41, 5.74) is 5.12. The van der Waals surface area contributed by atoms with Gasteiger partial charge >= 0.3 is 0 Å². The Morgan fingerprint density at radius 2 is 1.88 bits per heavy atom. The summed E-state index contributed by atoms with van der Waals surface area (Å²) >= 11 is 0. The highest BCUT2D eigenvalue weighted by atomic mass is 35.5. The van der Waals surface area contributed by atoms with Crippen molar-refractivity contribution in [3.63, 3.8) is 0 Å². The summed E-state index contributed by atoms with van der Waals surface area (Å²) in [7, 11) is 0. The first-order valence-electron chi connectivity index (χ1n) is 5.43. The molecule has 1 rings (SSSR count). The maximum absolute atomic E-state index is 11.7. The van der Waals surface area contributed by atoms with Crippen LogP contribution in [0.15, 0.2) is 0 Å². The summed E-state index contributed by atoms with van der Waals surface area (Å²) < 4.78 is 5.51. The van der Waals surface area contributed by atoms with Crippen molar-refractivity contribution in [3.8, 4) is 0 Å². The monoisotopic (exact) mass is 265 g/mol. The van der Waals surface area contributed by atoms with Crippen LogP contribution in [0.5, 0.6) is 0 Å². The summed E-state index contributed by atoms with van der Waals surface area (Å²) in [6.45, 7) is 4.91. The summed E-state index contributed by atoms with van der Waals surface area (Å²) in [6, 6.07) is 0. The molecule has 0 spiro atoms. The van der Waals surface area contributed by atoms with Crippen LogP contribution in [0.3, 0.4) is 0 Å². The molecule has 0 saturated carbocycles. The largest absolute Gasteiger partial charge is 0.372 e. The molecule has 100 valence electrons. The van der Waals surface area contributed by atoms with E-state index in [0.29, 0.717) is 13.1 Å². The molecule has 7 heteroatoms. The standard InChI is InChI=1S/C10H19N3O3.ClH/c1-7-5-13(6-8(2)16-7)10(15)4-12-9(14)3-11;/h7-8H,3-6,11H2,1-2H3,(H,12,14);1H. The Morgan fingerprint density at radius 1 is 1.35 bits per heavy atom. The number of nitrogens with one attached hydrogen (secondary N) is 1. The summed E-state index contributed by atoms with van der Waals surface area (Å²) in [4.78, 5) is 24.3. The second kappa shape index (κ2) is 7.47. The predicted octanol–water partition coefficient (Wildman–Crippen LogP) is -0.881. The molecule has 0 aliphatic carbocycles. The highest BCUT2D eigenvalue weighted by molar-refractivity contribution is 5.85. The fourth-order valence-electron chi connectivity index (χ4n) is 1.74. The molecule has 0 aromatic heterocycles. The van der Waals surface area contributed by atoms with Crippen molar-refractivity contribution in [2.75, 3.05) is 26.2 Å². The van der Waals surface area contributed by atoms with Crippen molar-refractivity contribution in [2.45, 2.75) is 26.1 Å². The zero-order valence-electron chi connectivity index (χ0n) is 10.1. The van der Waals surface area contributed by atoms with Gasteiger partial charge in [-0.05, 0) is 13.8 Å². The van der Waals surface area contributed by atoms with Crippen LogP contribution in [0.25, 0.3) is 0 Å². The molecular weight excluding hydrogens is 246 g/mol. The number of nitrogens with zero attached hydrogens (tertiary/aromatic N) is 1. The third-order valence-corrected chi connectivity index (χ3v) is 2.39. The maximum Gasteiger partial charge on any atom is 0.242 e. The van der Waals surface area contributed by atoms with E-state index in [1.807, 2.05) is 13.8 Å². The lowest BCUT2D eigenvalue weighted by Crippen LogP contribution is -2.51. The van der Waals surface area contributed by atoms with Gasteiger partial charge in [-0.25, -0.2) is 0 Å². The summed E-state index contributed by atoms with van der Waals surface area (Å²) in [5.74, 6) is -0.411. The van der Waals surface area contributed by atoms with Gasteiger partial charge in [-0.2, -0.15) is 0 Å². The molecule has 0 aromatic carbocycles. The Balaban J connectivity index is 0.00000256. The molecule has 17 heavy (non-hydrogen) atoms. The molecule has 3 N–H and O–H groups in total. The van der Waals surface area contributed by atoms with Gasteiger partial charge in [-0.15, -0.1) is 12.4 Å². The van der Waals surface area contributed by atoms with Gasteiger partial charge in [0.25, 0.3) is 0 Å². The van der Waals surface area contributed by atoms with Gasteiger partial charge in [0.15, 0.2) is 0 Å². The van der Waals surface area contributed by atoms with Gasteiger partial charge in [-0.1, -0.05) is 0 Å². The number of carbonyl (C=O) groups excluding carboxylic acids is 2. The molecule has 1 aliphatic rings. The van der Waals surface area contributed by atoms with E-state index >= 15 is 0 Å². The normalized spacial score (nSPS) is 23.8. The van der Waals surface area contributed by atoms with Gasteiger partial charge in [0.05, 0.1) is 25.3 Å². The molecule has 0 radical (unpaired) electrons. The highest BCUT2D eigenvalue weighted by Crippen LogP contribution is 2.10. The zero-order chi connectivity index (χ0) is 12.1. The molecule has 0 aromatic rings. The number of nitrogens with two attached hydrogens (primary N) is 1. The molecule has 0 bridgehead atoms. The van der Waals surface area contributed by atoms with Crippen LogP contribution in [-0.4, -0.2) is 55.1 Å². The average Bonchev–Trinajstić information content (AvgIpc) is 2.23. The van der Waals surface area contributed by atoms with E-state index in [1.165, 1.54) is 0 Å². The molecule has 1 saturated heterocycles. The van der Waals surface area contributed by atoms with Crippen LogP contribution in [0.2, 0.25) is 0 Å². The third kappa shape index (κ3) is 5.34. The van der Waals surface area contributed by atoms with E-state index in [1.54, 1.807) is 4.90 Å². The zero-order valence-corrected chi connectivity index (χ0v) is 11.0. The Kier molecular flexibility index (Phi) is 7.10. The molecule has 1 heterocycles. The van der Waals surface area contributed by atoms with Crippen LogP contribution in [0, 0.1) is 0 Å². The summed E-state index contributed by atoms with van der Waals surface area (Å²) in [5, 5.41) is 2.46. The second-order valence-corrected chi connectivity index (χ2v) is 4.04. The minimum Gasteiger partial charge on any atom is -0.372 e. The Bertz CT molecular complexity index is 266. The number of ether oxygens (including phenoxy) is 1. The van der Waals surface area contributed by atoms with Gasteiger partial charge < -0.3 is 20.7 Å². The predicted molar refractivity (Wildman–Crippen MR) is 65.9 cm³/mol. The summed E-state index contributed by atoms with van der Waals surface area (Å²) in [6.07, 6.45) is 0.0795. The van der Waals surface area contributed by atoms with Gasteiger partial charge in [0.2, 0.25) is 11.8 Å². The smallest absolute Gasteiger partial charge is 0.242 e. The fourth-order valence-corrected chi connectivity index (χ4v) is 1.74. The number of halogens is 1. The molecule has 2 atom stereocenters. The van der Waals surface area contributed by atoms with Crippen LogP contribution in [0.4, 0.5) is 0 Å². The molecule has 1 fully saturated rings. The number of amides is 2. The topological polar surface area (TPSA) is 84.7 Å². The first kappa shape index (κ1) is 16.1. The number of morpholine rings is 1. The van der Waals surface area contributed by atoms with Gasteiger partial charge in [0, 0.05) is 13.1 Å². The Morgan fingerprint density at radius 3 is 2.35 bits per heavy atom. The van der Waals surface area contributed by atoms with Gasteiger partial charge in [0.1, 0.15) is 0 Å². The van der Waals surface area contributed by atoms with Crippen molar-refractivity contribution in [2.24, 2.45) is 5.73 Å². The molecule has 2 unspecified atom stereocenters. The lowest BCUT2D eigenvalue weighted by atomic mass is 10.2. The van der Waals surface area contributed by atoms with E-state index in [2.05, 4.69) is 5.32 Å². The van der Waals surface area contributed by atoms with Crippen molar-refractivity contribution in [1.29, 1.82) is 0 Å². The lowest BCUT2D eigenvalue weighted by molar-refractivity contribution is -0.143. The highest BCUT2D eigenvalue weighted by Gasteiger charge is 2.25. The minimum absolute atomic E-state index is 0. The number of hydrogen-bond acceptors (Lipinski definition) is 4. The van der Waals surface area contributed by atoms with Crippen LogP contribution in [0.1, 0.15) is 13.8 Å². The number of hydrogen-bond donors (Lipinski definition) is 2. The maximum atomic E-state index is 11.7. The van der Waals surface area contributed by atoms with Crippen LogP contribution >= 0.6 is 12.4 Å². The van der Waals surface area contributed by atoms with Crippen molar-refractivity contribution < 1.29 is 14.3 Å². The van der Waals surface area contributed by atoms with Crippen molar-refractivity contribution in [1.82, 2.24) is 10.2 Å². The van der Waals surface area contributed by atoms with Crippen LogP contribution in [-0.2, 0) is 14.3 Å². The number of rotatable bonds is 3. The second-order valence-electron chi connectivity index (χ2n) is 4.04. The Labute approximate surface area is 107 Å². The molecular formula is C10H20ClN3O3. The van der Waals surface area contributed by atoms with Crippen molar-refractivity contribution >= 4 is 24.2 Å². The Hall–Kier alpha value is -0.850. The van der Waals surface area contributed by atoms with Gasteiger partial charge in [-0.3, -0.25) is 9.59 Å². The first-order valence-corrected chi connectivity index (χ1v) is 5.43. The molecule has 6 nitrogen and oxygen atoms in total. The quantitative estimate of drug-likeness (QED) is 0.694. The van der Waals surface area contributed by atoms with E-state index in [0.717, 1.165) is 0 Å². The lowest BCUT2D eigenvalue weighted by Gasteiger charge is -2.35. The van der Waals surface area contributed by atoms with E-state index in [4.69, 9.17) is 10.5 Å². The molecule has 1 aliphatic heterocycles. The van der Waals surface area contributed by atoms with Crippen LogP contribution < -0.4 is 11.1 Å². The fraction of sp³-hybridized carbons (Fsp3) is 0.800. The van der Waals surface area contributed by atoms with E-state index < -0.39 is 0 Å². The average molecular weight is 266 g/mol. The SMILES string of the molecule is CC1CN(C(=O)CNC(=O)CN)CC(C)O1.Cl.